The van der Waals surface area contributed by atoms with Gasteiger partial charge in [0.15, 0.2) is 0 Å². The molecule has 3 N–H and O–H groups in total. The van der Waals surface area contributed by atoms with Crippen LogP contribution in [0.25, 0.3) is 0 Å². The van der Waals surface area contributed by atoms with Crippen LogP contribution < -0.4 is 15.6 Å². The van der Waals surface area contributed by atoms with Crippen molar-refractivity contribution < 1.29 is 14.3 Å². The minimum Gasteiger partial charge on any atom is -0.488 e. The molecular formula is C19H15BrClN3O3. The number of rotatable bonds is 5. The predicted octanol–water partition coefficient (Wildman–Crippen LogP) is 4.08. The van der Waals surface area contributed by atoms with Gasteiger partial charge in [-0.2, -0.15) is 0 Å². The van der Waals surface area contributed by atoms with Gasteiger partial charge in [-0.05, 0) is 51.8 Å². The first kappa shape index (κ1) is 19.0. The molecule has 2 amide bonds. The third-order valence-corrected chi connectivity index (χ3v) is 4.33. The van der Waals surface area contributed by atoms with E-state index >= 15 is 0 Å². The Bertz CT molecular complexity index is 957. The minimum absolute atomic E-state index is 0.282. The average Bonchev–Trinajstić information content (AvgIpc) is 3.12. The zero-order valence-electron chi connectivity index (χ0n) is 14.0. The van der Waals surface area contributed by atoms with Crippen molar-refractivity contribution in [1.29, 1.82) is 0 Å². The summed E-state index contributed by atoms with van der Waals surface area (Å²) in [5.41, 5.74) is 6.27. The van der Waals surface area contributed by atoms with E-state index in [1.807, 2.05) is 12.1 Å². The van der Waals surface area contributed by atoms with Crippen LogP contribution in [0.3, 0.4) is 0 Å². The second kappa shape index (κ2) is 8.75. The second-order valence-electron chi connectivity index (χ2n) is 5.55. The van der Waals surface area contributed by atoms with Crippen LogP contribution in [0, 0.1) is 0 Å². The molecule has 0 aliphatic carbocycles. The van der Waals surface area contributed by atoms with E-state index in [1.54, 1.807) is 48.7 Å². The largest absolute Gasteiger partial charge is 0.488 e. The van der Waals surface area contributed by atoms with E-state index in [0.717, 1.165) is 10.0 Å². The van der Waals surface area contributed by atoms with Crippen molar-refractivity contribution in [3.05, 3.63) is 87.1 Å². The van der Waals surface area contributed by atoms with E-state index in [2.05, 4.69) is 31.8 Å². The third kappa shape index (κ3) is 5.12. The highest BCUT2D eigenvalue weighted by molar-refractivity contribution is 9.10. The van der Waals surface area contributed by atoms with Crippen molar-refractivity contribution in [2.45, 2.75) is 6.61 Å². The van der Waals surface area contributed by atoms with Crippen molar-refractivity contribution in [2.24, 2.45) is 0 Å². The summed E-state index contributed by atoms with van der Waals surface area (Å²) in [5.74, 6) is -0.545. The fourth-order valence-electron chi connectivity index (χ4n) is 2.27. The Hall–Kier alpha value is -2.77. The number of hydrogen-bond acceptors (Lipinski definition) is 3. The molecule has 3 rings (SSSR count). The van der Waals surface area contributed by atoms with Gasteiger partial charge in [-0.15, -0.1) is 0 Å². The lowest BCUT2D eigenvalue weighted by Gasteiger charge is -2.12. The normalized spacial score (nSPS) is 10.3. The van der Waals surface area contributed by atoms with E-state index < -0.39 is 11.8 Å². The number of aromatic nitrogens is 1. The lowest BCUT2D eigenvalue weighted by molar-refractivity contribution is 0.0841. The van der Waals surface area contributed by atoms with Crippen molar-refractivity contribution in [3.63, 3.8) is 0 Å². The first-order valence-electron chi connectivity index (χ1n) is 7.94. The summed E-state index contributed by atoms with van der Waals surface area (Å²) in [6.45, 7) is 0.282. The van der Waals surface area contributed by atoms with Gasteiger partial charge in [0.25, 0.3) is 11.8 Å². The number of halogens is 2. The van der Waals surface area contributed by atoms with Gasteiger partial charge >= 0.3 is 0 Å². The second-order valence-corrected chi connectivity index (χ2v) is 6.90. The number of para-hydroxylation sites is 1. The first-order chi connectivity index (χ1) is 13.0. The van der Waals surface area contributed by atoms with Crippen molar-refractivity contribution in [3.8, 4) is 5.75 Å². The zero-order valence-corrected chi connectivity index (χ0v) is 16.3. The highest BCUT2D eigenvalue weighted by atomic mass is 79.9. The van der Waals surface area contributed by atoms with E-state index in [-0.39, 0.29) is 6.61 Å². The lowest BCUT2D eigenvalue weighted by Crippen LogP contribution is -2.41. The maximum atomic E-state index is 12.4. The molecule has 0 spiro atoms. The molecule has 138 valence electrons. The SMILES string of the molecule is O=C(NNC(=O)c1ccccc1OCc1ccc(Cl)cc1)c1cc(Br)c[nH]1. The molecule has 3 aromatic rings. The maximum Gasteiger partial charge on any atom is 0.286 e. The predicted molar refractivity (Wildman–Crippen MR) is 106 cm³/mol. The maximum absolute atomic E-state index is 12.4. The number of nitrogens with one attached hydrogen (secondary N) is 3. The standard InChI is InChI=1S/C19H15BrClN3O3/c20-13-9-16(22-10-13)19(26)24-23-18(25)15-3-1-2-4-17(15)27-11-12-5-7-14(21)8-6-12/h1-10,22H,11H2,(H,23,25)(H,24,26). The van der Waals surface area contributed by atoms with Crippen LogP contribution in [-0.4, -0.2) is 16.8 Å². The molecule has 0 unspecified atom stereocenters. The summed E-state index contributed by atoms with van der Waals surface area (Å²) >= 11 is 9.11. The summed E-state index contributed by atoms with van der Waals surface area (Å²) in [6.07, 6.45) is 1.62. The summed E-state index contributed by atoms with van der Waals surface area (Å²) in [7, 11) is 0. The topological polar surface area (TPSA) is 83.2 Å². The molecule has 0 saturated carbocycles. The zero-order chi connectivity index (χ0) is 19.2. The van der Waals surface area contributed by atoms with E-state index in [0.29, 0.717) is 22.0 Å². The molecule has 0 aliphatic heterocycles. The van der Waals surface area contributed by atoms with Gasteiger partial charge in [0.2, 0.25) is 0 Å². The molecule has 1 heterocycles. The molecule has 0 aliphatic rings. The van der Waals surface area contributed by atoms with Crippen LogP contribution in [0.2, 0.25) is 5.02 Å². The van der Waals surface area contributed by atoms with Gasteiger partial charge in [-0.3, -0.25) is 20.4 Å². The summed E-state index contributed by atoms with van der Waals surface area (Å²) in [6, 6.07) is 15.6. The van der Waals surface area contributed by atoms with Crippen LogP contribution in [0.4, 0.5) is 0 Å². The number of H-pyrrole nitrogens is 1. The number of hydrogen-bond donors (Lipinski definition) is 3. The third-order valence-electron chi connectivity index (χ3n) is 3.62. The Labute approximate surface area is 169 Å². The highest BCUT2D eigenvalue weighted by Crippen LogP contribution is 2.20. The van der Waals surface area contributed by atoms with Gasteiger partial charge in [0, 0.05) is 15.7 Å². The molecule has 0 radical (unpaired) electrons. The Kier molecular flexibility index (Phi) is 6.16. The number of ether oxygens (including phenoxy) is 1. The highest BCUT2D eigenvalue weighted by Gasteiger charge is 2.14. The van der Waals surface area contributed by atoms with Crippen LogP contribution in [0.5, 0.6) is 5.75 Å². The number of carbonyl (C=O) groups excluding carboxylic acids is 2. The molecule has 0 bridgehead atoms. The van der Waals surface area contributed by atoms with Crippen LogP contribution in [-0.2, 0) is 6.61 Å². The lowest BCUT2D eigenvalue weighted by atomic mass is 10.2. The number of benzene rings is 2. The quantitative estimate of drug-likeness (QED) is 0.514. The van der Waals surface area contributed by atoms with Crippen LogP contribution >= 0.6 is 27.5 Å². The van der Waals surface area contributed by atoms with Gasteiger partial charge < -0.3 is 9.72 Å². The van der Waals surface area contributed by atoms with Crippen molar-refractivity contribution >= 4 is 39.3 Å². The molecule has 6 nitrogen and oxygen atoms in total. The van der Waals surface area contributed by atoms with Gasteiger partial charge in [0.05, 0.1) is 5.56 Å². The molecule has 0 saturated heterocycles. The van der Waals surface area contributed by atoms with E-state index in [4.69, 9.17) is 16.3 Å². The van der Waals surface area contributed by atoms with E-state index in [1.165, 1.54) is 0 Å². The Morgan fingerprint density at radius 1 is 1.04 bits per heavy atom. The van der Waals surface area contributed by atoms with Crippen LogP contribution in [0.1, 0.15) is 26.4 Å². The molecule has 0 fully saturated rings. The average molecular weight is 449 g/mol. The Morgan fingerprint density at radius 2 is 1.74 bits per heavy atom. The number of aromatic amines is 1. The Balaban J connectivity index is 1.62. The fraction of sp³-hybridized carbons (Fsp3) is 0.0526. The van der Waals surface area contributed by atoms with E-state index in [9.17, 15) is 9.59 Å². The van der Waals surface area contributed by atoms with Crippen LogP contribution in [0.15, 0.2) is 65.3 Å². The fourth-order valence-corrected chi connectivity index (χ4v) is 2.74. The number of hydrazine groups is 1. The summed E-state index contributed by atoms with van der Waals surface area (Å²) in [5, 5.41) is 0.642. The van der Waals surface area contributed by atoms with Crippen molar-refractivity contribution in [2.75, 3.05) is 0 Å². The van der Waals surface area contributed by atoms with Gasteiger partial charge in [-0.25, -0.2) is 0 Å². The molecule has 8 heteroatoms. The number of amides is 2. The number of carbonyl (C=O) groups is 2. The monoisotopic (exact) mass is 447 g/mol. The van der Waals surface area contributed by atoms with Gasteiger partial charge in [0.1, 0.15) is 18.1 Å². The molecule has 27 heavy (non-hydrogen) atoms. The molecular weight excluding hydrogens is 434 g/mol. The Morgan fingerprint density at radius 3 is 2.44 bits per heavy atom. The molecule has 1 aromatic heterocycles. The first-order valence-corrected chi connectivity index (χ1v) is 9.11. The van der Waals surface area contributed by atoms with Crippen molar-refractivity contribution in [1.82, 2.24) is 15.8 Å². The molecule has 2 aromatic carbocycles. The van der Waals surface area contributed by atoms with Gasteiger partial charge in [-0.1, -0.05) is 35.9 Å². The molecule has 0 atom stereocenters. The smallest absolute Gasteiger partial charge is 0.286 e. The summed E-state index contributed by atoms with van der Waals surface area (Å²) < 4.78 is 6.49. The minimum atomic E-state index is -0.485. The summed E-state index contributed by atoms with van der Waals surface area (Å²) in [4.78, 5) is 27.2.